The maximum absolute atomic E-state index is 13.0. The molecule has 186 valence electrons. The van der Waals surface area contributed by atoms with Crippen molar-refractivity contribution in [2.75, 3.05) is 19.7 Å². The van der Waals surface area contributed by atoms with Crippen LogP contribution in [0.25, 0.3) is 11.0 Å². The van der Waals surface area contributed by atoms with E-state index in [1.54, 1.807) is 6.20 Å². The molecule has 2 saturated carbocycles. The van der Waals surface area contributed by atoms with Crippen molar-refractivity contribution in [3.63, 3.8) is 0 Å². The summed E-state index contributed by atoms with van der Waals surface area (Å²) in [5, 5.41) is 0.856. The predicted octanol–water partition coefficient (Wildman–Crippen LogP) is 5.14. The highest BCUT2D eigenvalue weighted by molar-refractivity contribution is 6.05. The summed E-state index contributed by atoms with van der Waals surface area (Å²) in [7, 11) is 0. The zero-order valence-corrected chi connectivity index (χ0v) is 20.3. The van der Waals surface area contributed by atoms with E-state index in [2.05, 4.69) is 21.4 Å². The lowest BCUT2D eigenvalue weighted by molar-refractivity contribution is -0.205. The number of fused-ring (bicyclic) bond motifs is 1. The Balaban J connectivity index is 1.19. The molecule has 3 fully saturated rings. The fourth-order valence-electron chi connectivity index (χ4n) is 6.21. The molecular weight excluding hydrogens is 440 g/mol. The summed E-state index contributed by atoms with van der Waals surface area (Å²) in [5.74, 6) is -2.29. The average Bonchev–Trinajstić information content (AvgIpc) is 3.06. The summed E-state index contributed by atoms with van der Waals surface area (Å²) in [5.41, 5.74) is 2.40. The van der Waals surface area contributed by atoms with Gasteiger partial charge in [-0.1, -0.05) is 0 Å². The molecule has 0 spiro atoms. The smallest absolute Gasteiger partial charge is 0.340 e. The first kappa shape index (κ1) is 23.7. The van der Waals surface area contributed by atoms with E-state index >= 15 is 0 Å². The molecule has 2 aliphatic carbocycles. The molecular formula is C26H35F2N3O3. The molecule has 0 radical (unpaired) electrons. The molecule has 3 heterocycles. The summed E-state index contributed by atoms with van der Waals surface area (Å²) >= 11 is 0. The first-order chi connectivity index (χ1) is 16.3. The third-order valence-electron chi connectivity index (χ3n) is 8.15. The average molecular weight is 476 g/mol. The highest BCUT2D eigenvalue weighted by Crippen LogP contribution is 2.42. The Morgan fingerprint density at radius 3 is 2.56 bits per heavy atom. The predicted molar refractivity (Wildman–Crippen MR) is 125 cm³/mol. The van der Waals surface area contributed by atoms with Gasteiger partial charge < -0.3 is 14.0 Å². The lowest BCUT2D eigenvalue weighted by Gasteiger charge is -2.49. The monoisotopic (exact) mass is 475 g/mol. The van der Waals surface area contributed by atoms with Gasteiger partial charge in [-0.25, -0.2) is 18.6 Å². The van der Waals surface area contributed by atoms with Crippen LogP contribution in [0.3, 0.4) is 0 Å². The number of hydrogen-bond donors (Lipinski definition) is 0. The molecule has 1 unspecified atom stereocenters. The Kier molecular flexibility index (Phi) is 6.40. The van der Waals surface area contributed by atoms with E-state index in [1.165, 1.54) is 0 Å². The van der Waals surface area contributed by atoms with Crippen LogP contribution in [0.15, 0.2) is 18.3 Å². The van der Waals surface area contributed by atoms with Gasteiger partial charge in [0.2, 0.25) is 0 Å². The summed E-state index contributed by atoms with van der Waals surface area (Å²) in [6.45, 7) is 8.13. The number of likely N-dealkylation sites (tertiary alicyclic amines) is 1. The quantitative estimate of drug-likeness (QED) is 0.519. The van der Waals surface area contributed by atoms with Crippen LogP contribution in [0.4, 0.5) is 8.78 Å². The zero-order chi connectivity index (χ0) is 24.0. The number of ether oxygens (including phenoxy) is 2. The highest BCUT2D eigenvalue weighted by Gasteiger charge is 2.48. The second-order valence-corrected chi connectivity index (χ2v) is 10.3. The first-order valence-corrected chi connectivity index (χ1v) is 12.7. The third-order valence-corrected chi connectivity index (χ3v) is 8.15. The van der Waals surface area contributed by atoms with Crippen molar-refractivity contribution in [3.8, 4) is 0 Å². The highest BCUT2D eigenvalue weighted by atomic mass is 19.3. The van der Waals surface area contributed by atoms with E-state index in [1.807, 2.05) is 26.0 Å². The SMILES string of the molecule is CCOC(=O)c1c(C)n(C(C)C2CCC(N3CC(OC4CC(F)(F)C4)C3)CC2)c2ncccc12. The van der Waals surface area contributed by atoms with E-state index in [0.29, 0.717) is 24.1 Å². The maximum Gasteiger partial charge on any atom is 0.340 e. The number of alkyl halides is 2. The molecule has 0 aromatic carbocycles. The minimum Gasteiger partial charge on any atom is -0.462 e. The van der Waals surface area contributed by atoms with Gasteiger partial charge >= 0.3 is 5.97 Å². The van der Waals surface area contributed by atoms with Crippen LogP contribution in [0.5, 0.6) is 0 Å². The van der Waals surface area contributed by atoms with Gasteiger partial charge in [-0.3, -0.25) is 4.90 Å². The summed E-state index contributed by atoms with van der Waals surface area (Å²) in [4.78, 5) is 19.8. The molecule has 0 amide bonds. The standard InChI is InChI=1S/C26H35F2N3O3/c1-4-33-25(32)23-17(3)31(24-22(23)6-5-11-29-24)16(2)18-7-9-19(10-8-18)30-14-21(15-30)34-20-12-26(27,28)13-20/h5-6,11,16,18-21H,4,7-10,12-15H2,1-3H3. The second-order valence-electron chi connectivity index (χ2n) is 10.3. The number of rotatable bonds is 7. The lowest BCUT2D eigenvalue weighted by atomic mass is 9.80. The van der Waals surface area contributed by atoms with Crippen LogP contribution in [-0.2, 0) is 9.47 Å². The number of hydrogen-bond acceptors (Lipinski definition) is 5. The number of halogens is 2. The summed E-state index contributed by atoms with van der Waals surface area (Å²) in [6.07, 6.45) is 5.88. The van der Waals surface area contributed by atoms with Crippen molar-refractivity contribution in [1.82, 2.24) is 14.5 Å². The van der Waals surface area contributed by atoms with E-state index in [0.717, 1.165) is 55.5 Å². The van der Waals surface area contributed by atoms with Gasteiger partial charge in [-0.05, 0) is 64.5 Å². The van der Waals surface area contributed by atoms with Gasteiger partial charge in [0, 0.05) is 55.3 Å². The summed E-state index contributed by atoms with van der Waals surface area (Å²) < 4.78 is 39.4. The van der Waals surface area contributed by atoms with Crippen molar-refractivity contribution < 1.29 is 23.0 Å². The van der Waals surface area contributed by atoms with Gasteiger partial charge in [0.1, 0.15) is 5.65 Å². The first-order valence-electron chi connectivity index (χ1n) is 12.7. The fraction of sp³-hybridized carbons (Fsp3) is 0.692. The fourth-order valence-corrected chi connectivity index (χ4v) is 6.21. The Morgan fingerprint density at radius 1 is 1.21 bits per heavy atom. The second kappa shape index (κ2) is 9.19. The normalized spacial score (nSPS) is 26.7. The van der Waals surface area contributed by atoms with Crippen LogP contribution >= 0.6 is 0 Å². The number of nitrogens with zero attached hydrogens (tertiary/aromatic N) is 3. The van der Waals surface area contributed by atoms with Gasteiger partial charge in [-0.15, -0.1) is 0 Å². The van der Waals surface area contributed by atoms with Crippen LogP contribution in [0.2, 0.25) is 0 Å². The van der Waals surface area contributed by atoms with Crippen molar-refractivity contribution in [3.05, 3.63) is 29.6 Å². The molecule has 3 aliphatic rings. The Hall–Kier alpha value is -2.06. The van der Waals surface area contributed by atoms with Gasteiger partial charge in [0.25, 0.3) is 5.92 Å². The van der Waals surface area contributed by atoms with Gasteiger partial charge in [-0.2, -0.15) is 0 Å². The maximum atomic E-state index is 13.0. The van der Waals surface area contributed by atoms with Crippen molar-refractivity contribution in [2.45, 2.75) is 89.5 Å². The molecule has 34 heavy (non-hydrogen) atoms. The summed E-state index contributed by atoms with van der Waals surface area (Å²) in [6, 6.07) is 4.59. The molecule has 0 N–H and O–H groups in total. The number of carbonyl (C=O) groups excluding carboxylic acids is 1. The third kappa shape index (κ3) is 4.35. The molecule has 2 aromatic heterocycles. The minimum absolute atomic E-state index is 0.110. The Bertz CT molecular complexity index is 1030. The molecule has 2 aromatic rings. The molecule has 0 bridgehead atoms. The van der Waals surface area contributed by atoms with Crippen molar-refractivity contribution >= 4 is 17.0 Å². The number of carbonyl (C=O) groups is 1. The number of aromatic nitrogens is 2. The van der Waals surface area contributed by atoms with Crippen LogP contribution in [0, 0.1) is 12.8 Å². The molecule has 1 atom stereocenters. The minimum atomic E-state index is -2.51. The largest absolute Gasteiger partial charge is 0.462 e. The van der Waals surface area contributed by atoms with E-state index in [9.17, 15) is 13.6 Å². The topological polar surface area (TPSA) is 56.6 Å². The zero-order valence-electron chi connectivity index (χ0n) is 20.3. The molecule has 1 saturated heterocycles. The number of pyridine rings is 1. The molecule has 8 heteroatoms. The Labute approximate surface area is 199 Å². The molecule has 6 nitrogen and oxygen atoms in total. The Morgan fingerprint density at radius 2 is 1.91 bits per heavy atom. The lowest BCUT2D eigenvalue weighted by Crippen LogP contribution is -2.59. The van der Waals surface area contributed by atoms with Crippen LogP contribution < -0.4 is 0 Å². The van der Waals surface area contributed by atoms with Gasteiger partial charge in [0.05, 0.1) is 24.4 Å². The van der Waals surface area contributed by atoms with E-state index in [-0.39, 0.29) is 37.1 Å². The molecule has 5 rings (SSSR count). The van der Waals surface area contributed by atoms with Crippen molar-refractivity contribution in [2.24, 2.45) is 5.92 Å². The molecule has 1 aliphatic heterocycles. The van der Waals surface area contributed by atoms with E-state index in [4.69, 9.17) is 9.47 Å². The van der Waals surface area contributed by atoms with Crippen molar-refractivity contribution in [1.29, 1.82) is 0 Å². The van der Waals surface area contributed by atoms with E-state index < -0.39 is 5.92 Å². The van der Waals surface area contributed by atoms with Gasteiger partial charge in [0.15, 0.2) is 0 Å². The number of esters is 1. The van der Waals surface area contributed by atoms with Crippen LogP contribution in [-0.4, -0.2) is 64.3 Å². The van der Waals surface area contributed by atoms with Crippen LogP contribution in [0.1, 0.15) is 74.5 Å².